The van der Waals surface area contributed by atoms with Crippen LogP contribution in [0, 0.1) is 5.92 Å². The van der Waals surface area contributed by atoms with Crippen LogP contribution >= 0.6 is 0 Å². The van der Waals surface area contributed by atoms with Crippen LogP contribution in [-0.4, -0.2) is 60.9 Å². The number of rotatable bonds is 2. The molecule has 2 bridgehead atoms. The van der Waals surface area contributed by atoms with Crippen LogP contribution in [0.25, 0.3) is 0 Å². The van der Waals surface area contributed by atoms with Crippen molar-refractivity contribution < 1.29 is 4.74 Å². The van der Waals surface area contributed by atoms with Gasteiger partial charge in [0.2, 0.25) is 0 Å². The first-order valence-electron chi connectivity index (χ1n) is 9.73. The Morgan fingerprint density at radius 2 is 2.24 bits per heavy atom. The van der Waals surface area contributed by atoms with Crippen molar-refractivity contribution >= 4 is 0 Å². The monoisotopic (exact) mass is 344 g/mol. The number of ether oxygens (including phenoxy) is 1. The van der Waals surface area contributed by atoms with Gasteiger partial charge in [-0.15, -0.1) is 0 Å². The highest BCUT2D eigenvalue weighted by Gasteiger charge is 2.39. The molecule has 136 valence electrons. The minimum atomic E-state index is -0.0364. The molecule has 0 aromatic carbocycles. The number of hydrogen-bond acceptors (Lipinski definition) is 5. The van der Waals surface area contributed by atoms with Gasteiger partial charge in [0.1, 0.15) is 0 Å². The van der Waals surface area contributed by atoms with Crippen molar-refractivity contribution in [3.05, 3.63) is 33.7 Å². The summed E-state index contributed by atoms with van der Waals surface area (Å²) < 4.78 is 8.14. The molecular formula is C19H28N4O2. The molecule has 3 fully saturated rings. The summed E-state index contributed by atoms with van der Waals surface area (Å²) in [5.41, 5.74) is 2.38. The smallest absolute Gasteiger partial charge is 0.255 e. The zero-order chi connectivity index (χ0) is 16.9. The fourth-order valence-corrected chi connectivity index (χ4v) is 5.23. The predicted molar refractivity (Wildman–Crippen MR) is 95.9 cm³/mol. The van der Waals surface area contributed by atoms with Crippen molar-refractivity contribution in [2.75, 3.05) is 45.9 Å². The molecule has 3 saturated heterocycles. The lowest BCUT2D eigenvalue weighted by molar-refractivity contribution is -0.0985. The van der Waals surface area contributed by atoms with E-state index < -0.39 is 0 Å². The molecule has 5 rings (SSSR count). The van der Waals surface area contributed by atoms with Crippen molar-refractivity contribution in [1.82, 2.24) is 20.1 Å². The van der Waals surface area contributed by atoms with Gasteiger partial charge in [0.05, 0.1) is 12.2 Å². The van der Waals surface area contributed by atoms with Gasteiger partial charge in [-0.25, -0.2) is 0 Å². The van der Waals surface area contributed by atoms with Gasteiger partial charge < -0.3 is 19.9 Å². The summed E-state index contributed by atoms with van der Waals surface area (Å²) in [7, 11) is 0. The maximum atomic E-state index is 13.1. The summed E-state index contributed by atoms with van der Waals surface area (Å²) >= 11 is 0. The molecule has 1 aromatic heterocycles. The summed E-state index contributed by atoms with van der Waals surface area (Å²) in [5, 5.41) is 6.93. The number of piperidine rings is 1. The van der Waals surface area contributed by atoms with Crippen LogP contribution < -0.4 is 16.2 Å². The Labute approximate surface area is 148 Å². The van der Waals surface area contributed by atoms with Crippen molar-refractivity contribution in [3.8, 4) is 0 Å². The van der Waals surface area contributed by atoms with Gasteiger partial charge in [0, 0.05) is 56.4 Å². The number of fused-ring (bicyclic) bond motifs is 4. The first kappa shape index (κ1) is 16.0. The van der Waals surface area contributed by atoms with E-state index in [-0.39, 0.29) is 11.2 Å². The molecule has 0 radical (unpaired) electrons. The summed E-state index contributed by atoms with van der Waals surface area (Å²) in [4.78, 5) is 15.5. The van der Waals surface area contributed by atoms with E-state index in [1.807, 2.05) is 0 Å². The van der Waals surface area contributed by atoms with Crippen LogP contribution in [0.4, 0.5) is 0 Å². The maximum absolute atomic E-state index is 13.1. The summed E-state index contributed by atoms with van der Waals surface area (Å²) in [5.74, 6) is 1.11. The normalized spacial score (nSPS) is 35.0. The van der Waals surface area contributed by atoms with E-state index in [1.54, 1.807) is 0 Å². The molecule has 0 saturated carbocycles. The molecule has 1 aromatic rings. The first-order chi connectivity index (χ1) is 12.2. The summed E-state index contributed by atoms with van der Waals surface area (Å²) in [6.45, 7) is 8.26. The number of pyridine rings is 1. The van der Waals surface area contributed by atoms with Gasteiger partial charge >= 0.3 is 0 Å². The van der Waals surface area contributed by atoms with E-state index in [0.29, 0.717) is 11.8 Å². The van der Waals surface area contributed by atoms with Gasteiger partial charge in [0.25, 0.3) is 5.56 Å². The van der Waals surface area contributed by atoms with Gasteiger partial charge in [0.15, 0.2) is 0 Å². The van der Waals surface area contributed by atoms with E-state index in [1.165, 1.54) is 12.1 Å². The van der Waals surface area contributed by atoms with Crippen molar-refractivity contribution in [2.24, 2.45) is 5.92 Å². The topological polar surface area (TPSA) is 58.5 Å². The molecule has 1 spiro atoms. The summed E-state index contributed by atoms with van der Waals surface area (Å²) in [6.07, 6.45) is 2.30. The van der Waals surface area contributed by atoms with E-state index >= 15 is 0 Å². The van der Waals surface area contributed by atoms with Crippen molar-refractivity contribution in [1.29, 1.82) is 0 Å². The third-order valence-corrected chi connectivity index (χ3v) is 6.51. The van der Waals surface area contributed by atoms with Crippen LogP contribution in [0.1, 0.15) is 30.0 Å². The average Bonchev–Trinajstić information content (AvgIpc) is 3.06. The standard InChI is InChI=1S/C19H28N4O2/c24-18-15(11-22-5-6-25-19(13-22)3-4-20-12-19)1-2-17-16-7-14(8-21-9-16)10-23(17)18/h1-2,14,16,20-21H,3-13H2/t14-,16+,19?/m0/s1. The Morgan fingerprint density at radius 1 is 1.28 bits per heavy atom. The van der Waals surface area contributed by atoms with Gasteiger partial charge in [-0.05, 0) is 37.9 Å². The van der Waals surface area contributed by atoms with Crippen LogP contribution in [0.5, 0.6) is 0 Å². The highest BCUT2D eigenvalue weighted by atomic mass is 16.5. The Balaban J connectivity index is 1.38. The van der Waals surface area contributed by atoms with E-state index in [2.05, 4.69) is 32.2 Å². The zero-order valence-electron chi connectivity index (χ0n) is 14.8. The van der Waals surface area contributed by atoms with Gasteiger partial charge in [-0.2, -0.15) is 0 Å². The van der Waals surface area contributed by atoms with E-state index in [4.69, 9.17) is 4.74 Å². The molecule has 0 amide bonds. The second-order valence-electron chi connectivity index (χ2n) is 8.33. The van der Waals surface area contributed by atoms with Crippen LogP contribution in [0.15, 0.2) is 16.9 Å². The molecule has 4 aliphatic rings. The predicted octanol–water partition coefficient (Wildman–Crippen LogP) is 0.119. The fourth-order valence-electron chi connectivity index (χ4n) is 5.23. The molecule has 6 heteroatoms. The Morgan fingerprint density at radius 3 is 3.12 bits per heavy atom. The maximum Gasteiger partial charge on any atom is 0.255 e. The minimum Gasteiger partial charge on any atom is -0.371 e. The second-order valence-corrected chi connectivity index (χ2v) is 8.33. The van der Waals surface area contributed by atoms with E-state index in [0.717, 1.165) is 70.9 Å². The van der Waals surface area contributed by atoms with Crippen LogP contribution in [0.3, 0.4) is 0 Å². The third kappa shape index (κ3) is 2.85. The highest BCUT2D eigenvalue weighted by Crippen LogP contribution is 2.32. The van der Waals surface area contributed by atoms with Crippen molar-refractivity contribution in [3.63, 3.8) is 0 Å². The molecule has 6 nitrogen and oxygen atoms in total. The Kier molecular flexibility index (Phi) is 3.97. The molecule has 25 heavy (non-hydrogen) atoms. The third-order valence-electron chi connectivity index (χ3n) is 6.51. The van der Waals surface area contributed by atoms with Gasteiger partial charge in [-0.3, -0.25) is 9.69 Å². The van der Waals surface area contributed by atoms with Crippen LogP contribution in [-0.2, 0) is 17.8 Å². The lowest BCUT2D eigenvalue weighted by Crippen LogP contribution is -2.53. The van der Waals surface area contributed by atoms with E-state index in [9.17, 15) is 4.79 Å². The second kappa shape index (κ2) is 6.20. The number of hydrogen-bond donors (Lipinski definition) is 2. The van der Waals surface area contributed by atoms with Gasteiger partial charge in [-0.1, -0.05) is 6.07 Å². The lowest BCUT2D eigenvalue weighted by Gasteiger charge is -2.40. The first-order valence-corrected chi connectivity index (χ1v) is 9.73. The minimum absolute atomic E-state index is 0.0364. The molecule has 2 N–H and O–H groups in total. The molecule has 1 unspecified atom stereocenters. The molecule has 3 atom stereocenters. The molecule has 0 aliphatic carbocycles. The number of aromatic nitrogens is 1. The highest BCUT2D eigenvalue weighted by molar-refractivity contribution is 5.22. The molecule has 4 aliphatic heterocycles. The quantitative estimate of drug-likeness (QED) is 0.798. The molecule has 5 heterocycles. The summed E-state index contributed by atoms with van der Waals surface area (Å²) in [6, 6.07) is 4.29. The average molecular weight is 344 g/mol. The Hall–Kier alpha value is -1.21. The molecular weight excluding hydrogens is 316 g/mol. The zero-order valence-corrected chi connectivity index (χ0v) is 14.8. The largest absolute Gasteiger partial charge is 0.371 e. The number of nitrogens with one attached hydrogen (secondary N) is 2. The number of nitrogens with zero attached hydrogens (tertiary/aromatic N) is 2. The fraction of sp³-hybridized carbons (Fsp3) is 0.737. The number of morpholine rings is 1. The lowest BCUT2D eigenvalue weighted by atomic mass is 9.84. The SMILES string of the molecule is O=c1c(CN2CCOC3(CCNC3)C2)ccc2n1C[C@@H]1CNC[C@H]2C1. The van der Waals surface area contributed by atoms with Crippen LogP contribution in [0.2, 0.25) is 0 Å². The Bertz CT molecular complexity index is 710. The van der Waals surface area contributed by atoms with Crippen molar-refractivity contribution in [2.45, 2.75) is 37.5 Å².